The predicted molar refractivity (Wildman–Crippen MR) is 69.4 cm³/mol. The third kappa shape index (κ3) is 1.45. The third-order valence-corrected chi connectivity index (χ3v) is 4.42. The SMILES string of the molecule is CC1(C)C2C(=O)N(c3ccc(C#N)cc3Cl)C(=O)C21. The fourth-order valence-electron chi connectivity index (χ4n) is 2.94. The highest BCUT2D eigenvalue weighted by atomic mass is 35.5. The summed E-state index contributed by atoms with van der Waals surface area (Å²) in [6.45, 7) is 3.85. The Morgan fingerprint density at radius 3 is 2.32 bits per heavy atom. The van der Waals surface area contributed by atoms with Crippen molar-refractivity contribution < 1.29 is 9.59 Å². The quantitative estimate of drug-likeness (QED) is 0.739. The molecule has 1 heterocycles. The molecule has 2 fully saturated rings. The maximum Gasteiger partial charge on any atom is 0.238 e. The molecule has 2 atom stereocenters. The zero-order chi connectivity index (χ0) is 13.9. The van der Waals surface area contributed by atoms with Crippen LogP contribution in [0.1, 0.15) is 19.4 Å². The van der Waals surface area contributed by atoms with Gasteiger partial charge in [0.25, 0.3) is 0 Å². The van der Waals surface area contributed by atoms with Gasteiger partial charge in [-0.25, -0.2) is 4.90 Å². The van der Waals surface area contributed by atoms with Crippen LogP contribution >= 0.6 is 11.6 Å². The second-order valence-electron chi connectivity index (χ2n) is 5.57. The average Bonchev–Trinajstić information content (AvgIpc) is 2.81. The zero-order valence-electron chi connectivity index (χ0n) is 10.5. The van der Waals surface area contributed by atoms with Crippen molar-refractivity contribution in [2.45, 2.75) is 13.8 Å². The van der Waals surface area contributed by atoms with Gasteiger partial charge in [0.15, 0.2) is 0 Å². The highest BCUT2D eigenvalue weighted by molar-refractivity contribution is 6.36. The number of amides is 2. The normalized spacial score (nSPS) is 27.2. The number of carbonyl (C=O) groups is 2. The van der Waals surface area contributed by atoms with E-state index in [1.54, 1.807) is 12.1 Å². The fourth-order valence-corrected chi connectivity index (χ4v) is 3.21. The van der Waals surface area contributed by atoms with Crippen molar-refractivity contribution in [1.29, 1.82) is 5.26 Å². The van der Waals surface area contributed by atoms with Crippen LogP contribution in [0.15, 0.2) is 18.2 Å². The molecule has 2 unspecified atom stereocenters. The van der Waals surface area contributed by atoms with Crippen molar-refractivity contribution in [2.24, 2.45) is 17.3 Å². The van der Waals surface area contributed by atoms with Crippen molar-refractivity contribution in [3.8, 4) is 6.07 Å². The number of fused-ring (bicyclic) bond motifs is 1. The minimum absolute atomic E-state index is 0.188. The summed E-state index contributed by atoms with van der Waals surface area (Å²) in [6.07, 6.45) is 0. The summed E-state index contributed by atoms with van der Waals surface area (Å²) in [7, 11) is 0. The zero-order valence-corrected chi connectivity index (χ0v) is 11.2. The van der Waals surface area contributed by atoms with E-state index in [-0.39, 0.29) is 34.1 Å². The minimum atomic E-state index is -0.232. The monoisotopic (exact) mass is 274 g/mol. The first-order valence-corrected chi connectivity index (χ1v) is 6.35. The van der Waals surface area contributed by atoms with E-state index in [0.29, 0.717) is 11.3 Å². The maximum atomic E-state index is 12.3. The molecule has 1 aromatic carbocycles. The molecular weight excluding hydrogens is 264 g/mol. The lowest BCUT2D eigenvalue weighted by molar-refractivity contribution is -0.125. The van der Waals surface area contributed by atoms with E-state index >= 15 is 0 Å². The molecule has 1 saturated carbocycles. The largest absolute Gasteiger partial charge is 0.274 e. The number of nitriles is 1. The van der Waals surface area contributed by atoms with Crippen LogP contribution in [0.4, 0.5) is 5.69 Å². The van der Waals surface area contributed by atoms with E-state index in [1.807, 2.05) is 19.9 Å². The molecule has 0 aromatic heterocycles. The Bertz CT molecular complexity index is 636. The molecule has 2 aliphatic rings. The predicted octanol–water partition coefficient (Wildman–Crippen LogP) is 2.36. The summed E-state index contributed by atoms with van der Waals surface area (Å²) in [5, 5.41) is 9.03. The summed E-state index contributed by atoms with van der Waals surface area (Å²) in [5.41, 5.74) is 0.543. The van der Waals surface area contributed by atoms with Crippen LogP contribution in [0.2, 0.25) is 5.02 Å². The number of halogens is 1. The van der Waals surface area contributed by atoms with E-state index in [1.165, 1.54) is 6.07 Å². The number of rotatable bonds is 1. The standard InChI is InChI=1S/C14H11ClN2O2/c1-14(2)10-11(14)13(19)17(12(10)18)9-4-3-7(6-16)5-8(9)15/h3-5,10-11H,1-2H3. The lowest BCUT2D eigenvalue weighted by Crippen LogP contribution is -2.36. The average molecular weight is 275 g/mol. The van der Waals surface area contributed by atoms with Gasteiger partial charge in [-0.2, -0.15) is 5.26 Å². The van der Waals surface area contributed by atoms with Gasteiger partial charge in [0, 0.05) is 0 Å². The Morgan fingerprint density at radius 1 is 1.26 bits per heavy atom. The first-order valence-electron chi connectivity index (χ1n) is 5.97. The number of piperidine rings is 1. The molecule has 0 radical (unpaired) electrons. The van der Waals surface area contributed by atoms with Crippen molar-refractivity contribution in [1.82, 2.24) is 0 Å². The van der Waals surface area contributed by atoms with Crippen LogP contribution in [0, 0.1) is 28.6 Å². The Balaban J connectivity index is 2.00. The van der Waals surface area contributed by atoms with E-state index in [4.69, 9.17) is 16.9 Å². The number of imide groups is 1. The first kappa shape index (κ1) is 12.2. The van der Waals surface area contributed by atoms with Crippen LogP contribution < -0.4 is 4.90 Å². The van der Waals surface area contributed by atoms with Gasteiger partial charge < -0.3 is 0 Å². The number of anilines is 1. The van der Waals surface area contributed by atoms with Gasteiger partial charge >= 0.3 is 0 Å². The van der Waals surface area contributed by atoms with E-state index in [0.717, 1.165) is 4.90 Å². The van der Waals surface area contributed by atoms with E-state index in [9.17, 15) is 9.59 Å². The lowest BCUT2D eigenvalue weighted by atomic mass is 10.0. The molecule has 1 saturated heterocycles. The molecule has 19 heavy (non-hydrogen) atoms. The lowest BCUT2D eigenvalue weighted by Gasteiger charge is -2.21. The van der Waals surface area contributed by atoms with Gasteiger partial charge in [0.05, 0.1) is 34.2 Å². The number of nitrogens with zero attached hydrogens (tertiary/aromatic N) is 2. The van der Waals surface area contributed by atoms with E-state index < -0.39 is 0 Å². The highest BCUT2D eigenvalue weighted by Crippen LogP contribution is 2.63. The Labute approximate surface area is 115 Å². The first-order chi connectivity index (χ1) is 8.89. The second-order valence-corrected chi connectivity index (χ2v) is 5.97. The van der Waals surface area contributed by atoms with Gasteiger partial charge in [-0.3, -0.25) is 9.59 Å². The van der Waals surface area contributed by atoms with E-state index in [2.05, 4.69) is 0 Å². The van der Waals surface area contributed by atoms with Crippen LogP contribution in [-0.4, -0.2) is 11.8 Å². The molecule has 1 aliphatic heterocycles. The molecule has 1 aliphatic carbocycles. The van der Waals surface area contributed by atoms with Gasteiger partial charge in [0.1, 0.15) is 0 Å². The van der Waals surface area contributed by atoms with Crippen molar-refractivity contribution >= 4 is 29.1 Å². The number of hydrogen-bond acceptors (Lipinski definition) is 3. The number of benzene rings is 1. The summed E-state index contributed by atoms with van der Waals surface area (Å²) < 4.78 is 0. The van der Waals surface area contributed by atoms with Crippen molar-refractivity contribution in [3.05, 3.63) is 28.8 Å². The van der Waals surface area contributed by atoms with Crippen LogP contribution in [0.5, 0.6) is 0 Å². The molecule has 5 heteroatoms. The number of hydrogen-bond donors (Lipinski definition) is 0. The molecule has 2 amide bonds. The molecule has 1 aromatic rings. The molecular formula is C14H11ClN2O2. The molecule has 0 bridgehead atoms. The summed E-state index contributed by atoms with van der Waals surface area (Å²) in [6, 6.07) is 6.53. The van der Waals surface area contributed by atoms with Gasteiger partial charge in [-0.05, 0) is 23.6 Å². The Hall–Kier alpha value is -1.86. The molecule has 96 valence electrons. The summed E-state index contributed by atoms with van der Waals surface area (Å²) in [5.74, 6) is -0.836. The fraction of sp³-hybridized carbons (Fsp3) is 0.357. The maximum absolute atomic E-state index is 12.3. The molecule has 0 N–H and O–H groups in total. The third-order valence-electron chi connectivity index (χ3n) is 4.12. The second kappa shape index (κ2) is 3.58. The summed E-state index contributed by atoms with van der Waals surface area (Å²) >= 11 is 6.06. The topological polar surface area (TPSA) is 61.2 Å². The molecule has 3 rings (SSSR count). The van der Waals surface area contributed by atoms with Gasteiger partial charge in [-0.15, -0.1) is 0 Å². The van der Waals surface area contributed by atoms with Crippen LogP contribution in [0.25, 0.3) is 0 Å². The highest BCUT2D eigenvalue weighted by Gasteiger charge is 2.72. The number of carbonyl (C=O) groups excluding carboxylic acids is 2. The van der Waals surface area contributed by atoms with Crippen LogP contribution in [0.3, 0.4) is 0 Å². The smallest absolute Gasteiger partial charge is 0.238 e. The van der Waals surface area contributed by atoms with Gasteiger partial charge in [0.2, 0.25) is 11.8 Å². The van der Waals surface area contributed by atoms with Crippen LogP contribution in [-0.2, 0) is 9.59 Å². The molecule has 0 spiro atoms. The minimum Gasteiger partial charge on any atom is -0.274 e. The van der Waals surface area contributed by atoms with Crippen molar-refractivity contribution in [3.63, 3.8) is 0 Å². The van der Waals surface area contributed by atoms with Gasteiger partial charge in [-0.1, -0.05) is 25.4 Å². The van der Waals surface area contributed by atoms with Crippen molar-refractivity contribution in [2.75, 3.05) is 4.90 Å². The summed E-state index contributed by atoms with van der Waals surface area (Å²) in [4.78, 5) is 25.7. The Kier molecular flexibility index (Phi) is 2.30. The Morgan fingerprint density at radius 2 is 1.84 bits per heavy atom. The molecule has 4 nitrogen and oxygen atoms in total.